The zero-order chi connectivity index (χ0) is 19.2. The molecule has 2 atom stereocenters. The molecule has 0 aliphatic carbocycles. The van der Waals surface area contributed by atoms with Crippen LogP contribution in [0.15, 0.2) is 34.0 Å². The van der Waals surface area contributed by atoms with E-state index in [0.29, 0.717) is 31.0 Å². The van der Waals surface area contributed by atoms with E-state index in [2.05, 4.69) is 47.7 Å². The fraction of sp³-hybridized carbons (Fsp3) is 0.389. The van der Waals surface area contributed by atoms with Crippen LogP contribution in [-0.2, 0) is 6.42 Å². The number of nitriles is 1. The lowest BCUT2D eigenvalue weighted by Crippen LogP contribution is -2.49. The van der Waals surface area contributed by atoms with Crippen LogP contribution < -0.4 is 16.0 Å². The lowest BCUT2D eigenvalue weighted by molar-refractivity contribution is 0.298. The Labute approximate surface area is 161 Å². The van der Waals surface area contributed by atoms with Crippen LogP contribution in [0.25, 0.3) is 0 Å². The van der Waals surface area contributed by atoms with E-state index in [9.17, 15) is 4.39 Å². The molecule has 142 valence electrons. The Morgan fingerprint density at radius 1 is 1.52 bits per heavy atom. The molecule has 0 spiro atoms. The minimum Gasteiger partial charge on any atom is -0.364 e. The molecule has 3 rings (SSSR count). The molecule has 2 aromatic rings. The van der Waals surface area contributed by atoms with Crippen LogP contribution in [0.1, 0.15) is 23.7 Å². The van der Waals surface area contributed by atoms with Gasteiger partial charge in [0.15, 0.2) is 0 Å². The number of pyridine rings is 1. The van der Waals surface area contributed by atoms with E-state index in [4.69, 9.17) is 5.26 Å². The largest absolute Gasteiger partial charge is 0.364 e. The average molecular weight is 387 g/mol. The smallest absolute Gasteiger partial charge is 0.213 e. The summed E-state index contributed by atoms with van der Waals surface area (Å²) in [6.45, 7) is 0.604. The van der Waals surface area contributed by atoms with Gasteiger partial charge >= 0.3 is 0 Å². The number of hydrogen-bond donors (Lipinski definition) is 3. The molecule has 0 bridgehead atoms. The second-order valence-electron chi connectivity index (χ2n) is 6.49. The standard InChI is InChI=1S/C18H22FN7S/c1-26(2)15(12-7-8-27-10-12)9-21-18(22-11-20)25-17-6-4-13-14(24-17)3-5-16(19)23-13/h3,5,7-8,10,15,17,24H,4,6,9H2,1-2H3,(H2,21,22,25)/t15-,17?/m1/s1. The monoisotopic (exact) mass is 387 g/mol. The first-order chi connectivity index (χ1) is 13.1. The zero-order valence-electron chi connectivity index (χ0n) is 15.2. The van der Waals surface area contributed by atoms with E-state index >= 15 is 0 Å². The Bertz CT molecular complexity index is 829. The molecule has 0 saturated heterocycles. The third-order valence-corrected chi connectivity index (χ3v) is 5.13. The van der Waals surface area contributed by atoms with Gasteiger partial charge in [0, 0.05) is 6.54 Å². The number of aliphatic imine (C=N–C) groups is 1. The maximum absolute atomic E-state index is 13.2. The van der Waals surface area contributed by atoms with E-state index in [0.717, 1.165) is 5.69 Å². The summed E-state index contributed by atoms with van der Waals surface area (Å²) in [6, 6.07) is 5.27. The van der Waals surface area contributed by atoms with Gasteiger partial charge in [-0.3, -0.25) is 0 Å². The maximum Gasteiger partial charge on any atom is 0.213 e. The molecule has 9 heteroatoms. The van der Waals surface area contributed by atoms with E-state index < -0.39 is 5.95 Å². The maximum atomic E-state index is 13.2. The number of aryl methyl sites for hydroxylation is 1. The summed E-state index contributed by atoms with van der Waals surface area (Å²) in [7, 11) is 4.04. The number of guanidine groups is 1. The Balaban J connectivity index is 1.62. The molecule has 7 nitrogen and oxygen atoms in total. The van der Waals surface area contributed by atoms with Crippen LogP contribution in [0.3, 0.4) is 0 Å². The normalized spacial score (nSPS) is 17.6. The van der Waals surface area contributed by atoms with Crippen molar-refractivity contribution in [3.8, 4) is 6.19 Å². The number of aromatic nitrogens is 1. The lowest BCUT2D eigenvalue weighted by atomic mass is 10.1. The molecule has 27 heavy (non-hydrogen) atoms. The number of halogens is 1. The number of anilines is 1. The minimum absolute atomic E-state index is 0.122. The molecule has 3 N–H and O–H groups in total. The Kier molecular flexibility index (Phi) is 6.21. The molecule has 1 aliphatic rings. The number of hydrogen-bond acceptors (Lipinski definition) is 6. The third-order valence-electron chi connectivity index (χ3n) is 4.43. The highest BCUT2D eigenvalue weighted by Crippen LogP contribution is 2.22. The fourth-order valence-corrected chi connectivity index (χ4v) is 3.75. The molecule has 2 aromatic heterocycles. The lowest BCUT2D eigenvalue weighted by Gasteiger charge is -2.29. The van der Waals surface area contributed by atoms with Crippen LogP contribution in [0.5, 0.6) is 0 Å². The first kappa shape index (κ1) is 19.1. The molecule has 1 unspecified atom stereocenters. The predicted molar refractivity (Wildman–Crippen MR) is 105 cm³/mol. The fourth-order valence-electron chi connectivity index (χ4n) is 3.04. The Morgan fingerprint density at radius 3 is 3.07 bits per heavy atom. The SMILES string of the molecule is CN(C)[C@H](CNC(=NC#N)NC1CCc2nc(F)ccc2N1)c1ccsc1. The predicted octanol–water partition coefficient (Wildman–Crippen LogP) is 2.29. The summed E-state index contributed by atoms with van der Waals surface area (Å²) in [6.07, 6.45) is 3.06. The number of nitrogens with zero attached hydrogens (tertiary/aromatic N) is 4. The van der Waals surface area contributed by atoms with Crippen molar-refractivity contribution in [2.75, 3.05) is 26.0 Å². The average Bonchev–Trinajstić information content (AvgIpc) is 3.16. The zero-order valence-corrected chi connectivity index (χ0v) is 16.1. The second-order valence-corrected chi connectivity index (χ2v) is 7.27. The molecular weight excluding hydrogens is 365 g/mol. The number of nitrogens with one attached hydrogen (secondary N) is 3. The van der Waals surface area contributed by atoms with Gasteiger partial charge in [-0.2, -0.15) is 21.0 Å². The molecule has 0 amide bonds. The molecular formula is C18H22FN7S. The third kappa shape index (κ3) is 4.93. The van der Waals surface area contributed by atoms with Crippen LogP contribution in [-0.4, -0.2) is 42.6 Å². The van der Waals surface area contributed by atoms with Gasteiger partial charge in [0.05, 0.1) is 23.6 Å². The molecule has 0 radical (unpaired) electrons. The quantitative estimate of drug-likeness (QED) is 0.316. The first-order valence-corrected chi connectivity index (χ1v) is 9.58. The summed E-state index contributed by atoms with van der Waals surface area (Å²) in [5.74, 6) is -0.0610. The summed E-state index contributed by atoms with van der Waals surface area (Å²) in [5, 5.41) is 22.9. The van der Waals surface area contributed by atoms with E-state index in [1.165, 1.54) is 11.6 Å². The number of fused-ring (bicyclic) bond motifs is 1. The summed E-state index contributed by atoms with van der Waals surface area (Å²) in [5.41, 5.74) is 2.72. The van der Waals surface area contributed by atoms with Crippen LogP contribution in [0.4, 0.5) is 10.1 Å². The van der Waals surface area contributed by atoms with Gasteiger partial charge < -0.3 is 20.9 Å². The van der Waals surface area contributed by atoms with Gasteiger partial charge in [-0.25, -0.2) is 4.98 Å². The summed E-state index contributed by atoms with van der Waals surface area (Å²) >= 11 is 1.66. The highest BCUT2D eigenvalue weighted by atomic mass is 32.1. The van der Waals surface area contributed by atoms with Gasteiger partial charge in [-0.1, -0.05) is 0 Å². The Hall–Kier alpha value is -2.70. The highest BCUT2D eigenvalue weighted by molar-refractivity contribution is 7.07. The summed E-state index contributed by atoms with van der Waals surface area (Å²) in [4.78, 5) is 9.90. The van der Waals surface area contributed by atoms with Crippen molar-refractivity contribution in [2.45, 2.75) is 25.0 Å². The van der Waals surface area contributed by atoms with Crippen molar-refractivity contribution in [3.63, 3.8) is 0 Å². The van der Waals surface area contributed by atoms with Crippen molar-refractivity contribution in [3.05, 3.63) is 46.2 Å². The molecule has 0 fully saturated rings. The molecule has 1 aliphatic heterocycles. The van der Waals surface area contributed by atoms with Gasteiger partial charge in [0.1, 0.15) is 0 Å². The van der Waals surface area contributed by atoms with E-state index in [1.807, 2.05) is 20.3 Å². The van der Waals surface area contributed by atoms with Crippen LogP contribution in [0, 0.1) is 17.4 Å². The second kappa shape index (κ2) is 8.79. The van der Waals surface area contributed by atoms with Crippen molar-refractivity contribution in [1.82, 2.24) is 20.5 Å². The van der Waals surface area contributed by atoms with E-state index in [-0.39, 0.29) is 12.2 Å². The topological polar surface area (TPSA) is 88.4 Å². The van der Waals surface area contributed by atoms with Crippen molar-refractivity contribution in [1.29, 1.82) is 5.26 Å². The van der Waals surface area contributed by atoms with Crippen molar-refractivity contribution < 1.29 is 4.39 Å². The number of rotatable bonds is 5. The first-order valence-electron chi connectivity index (χ1n) is 8.64. The van der Waals surface area contributed by atoms with Gasteiger partial charge in [0.2, 0.25) is 18.1 Å². The van der Waals surface area contributed by atoms with Gasteiger partial charge in [-0.15, -0.1) is 4.99 Å². The van der Waals surface area contributed by atoms with Crippen LogP contribution in [0.2, 0.25) is 0 Å². The minimum atomic E-state index is -0.474. The van der Waals surface area contributed by atoms with Crippen LogP contribution >= 0.6 is 11.3 Å². The molecule has 0 aromatic carbocycles. The van der Waals surface area contributed by atoms with Crippen molar-refractivity contribution >= 4 is 23.0 Å². The molecule has 0 saturated carbocycles. The number of thiophene rings is 1. The highest BCUT2D eigenvalue weighted by Gasteiger charge is 2.21. The Morgan fingerprint density at radius 2 is 2.37 bits per heavy atom. The van der Waals surface area contributed by atoms with Gasteiger partial charge in [0.25, 0.3) is 0 Å². The van der Waals surface area contributed by atoms with Gasteiger partial charge in [-0.05, 0) is 61.5 Å². The summed E-state index contributed by atoms with van der Waals surface area (Å²) < 4.78 is 13.2. The van der Waals surface area contributed by atoms with E-state index in [1.54, 1.807) is 17.4 Å². The van der Waals surface area contributed by atoms with Crippen molar-refractivity contribution in [2.24, 2.45) is 4.99 Å². The molecule has 3 heterocycles. The number of likely N-dealkylation sites (N-methyl/N-ethyl adjacent to an activating group) is 1.